The minimum atomic E-state index is 0.164. The van der Waals surface area contributed by atoms with Gasteiger partial charge in [-0.15, -0.1) is 0 Å². The third kappa shape index (κ3) is 6.16. The summed E-state index contributed by atoms with van der Waals surface area (Å²) in [5, 5.41) is 6.37. The Hall–Kier alpha value is -1.39. The van der Waals surface area contributed by atoms with Crippen LogP contribution in [0.3, 0.4) is 0 Å². The number of rotatable bonds is 8. The molecule has 0 bridgehead atoms. The van der Waals surface area contributed by atoms with Crippen LogP contribution in [0.25, 0.3) is 0 Å². The van der Waals surface area contributed by atoms with Crippen LogP contribution < -0.4 is 10.6 Å². The van der Waals surface area contributed by atoms with Crippen molar-refractivity contribution in [3.63, 3.8) is 0 Å². The lowest BCUT2D eigenvalue weighted by Crippen LogP contribution is -2.29. The van der Waals surface area contributed by atoms with Gasteiger partial charge in [-0.1, -0.05) is 24.3 Å². The number of hydrogen-bond donors (Lipinski definition) is 2. The molecule has 1 amide bonds. The monoisotopic (exact) mass is 304 g/mol. The number of hydrogen-bond acceptors (Lipinski definition) is 3. The molecule has 0 unspecified atom stereocenters. The Bertz CT molecular complexity index is 439. The average Bonchev–Trinajstić information content (AvgIpc) is 2.58. The number of benzene rings is 1. The van der Waals surface area contributed by atoms with Crippen molar-refractivity contribution in [3.8, 4) is 0 Å². The van der Waals surface area contributed by atoms with Gasteiger partial charge in [-0.3, -0.25) is 4.79 Å². The molecule has 2 rings (SSSR count). The van der Waals surface area contributed by atoms with Crippen LogP contribution in [0, 0.1) is 5.92 Å². The zero-order chi connectivity index (χ0) is 15.6. The maximum Gasteiger partial charge on any atom is 0.220 e. The van der Waals surface area contributed by atoms with Crippen LogP contribution in [0.5, 0.6) is 0 Å². The minimum Gasteiger partial charge on any atom is -0.377 e. The van der Waals surface area contributed by atoms with Gasteiger partial charge in [0.15, 0.2) is 0 Å². The molecule has 0 aromatic heterocycles. The van der Waals surface area contributed by atoms with E-state index in [1.165, 1.54) is 18.4 Å². The van der Waals surface area contributed by atoms with E-state index in [-0.39, 0.29) is 5.91 Å². The lowest BCUT2D eigenvalue weighted by Gasteiger charge is -2.22. The Morgan fingerprint density at radius 3 is 2.59 bits per heavy atom. The van der Waals surface area contributed by atoms with Gasteiger partial charge in [0, 0.05) is 19.6 Å². The van der Waals surface area contributed by atoms with Gasteiger partial charge in [-0.05, 0) is 56.3 Å². The van der Waals surface area contributed by atoms with E-state index in [0.717, 1.165) is 31.7 Å². The van der Waals surface area contributed by atoms with Gasteiger partial charge < -0.3 is 15.4 Å². The molecule has 4 heteroatoms. The largest absolute Gasteiger partial charge is 0.377 e. The molecule has 4 nitrogen and oxygen atoms in total. The van der Waals surface area contributed by atoms with Crippen molar-refractivity contribution in [1.82, 2.24) is 10.6 Å². The first kappa shape index (κ1) is 17.0. The number of amides is 1. The molecule has 1 aromatic carbocycles. The predicted octanol–water partition coefficient (Wildman–Crippen LogP) is 2.62. The van der Waals surface area contributed by atoms with Gasteiger partial charge in [0.25, 0.3) is 0 Å². The number of piperidine rings is 1. The summed E-state index contributed by atoms with van der Waals surface area (Å²) in [5.41, 5.74) is 2.30. The van der Waals surface area contributed by atoms with Crippen LogP contribution in [0.15, 0.2) is 24.3 Å². The maximum absolute atomic E-state index is 11.9. The normalized spacial score (nSPS) is 15.7. The van der Waals surface area contributed by atoms with E-state index in [9.17, 15) is 4.79 Å². The third-order valence-electron chi connectivity index (χ3n) is 4.22. The molecule has 0 radical (unpaired) electrons. The van der Waals surface area contributed by atoms with Gasteiger partial charge >= 0.3 is 0 Å². The number of carbonyl (C=O) groups excluding carboxylic acids is 1. The lowest BCUT2D eigenvalue weighted by molar-refractivity contribution is -0.121. The fraction of sp³-hybridized carbons (Fsp3) is 0.611. The molecule has 1 fully saturated rings. The van der Waals surface area contributed by atoms with Crippen LogP contribution in [0.1, 0.15) is 43.7 Å². The van der Waals surface area contributed by atoms with E-state index >= 15 is 0 Å². The molecule has 1 aliphatic rings. The number of nitrogens with one attached hydrogen (secondary N) is 2. The topological polar surface area (TPSA) is 50.4 Å². The summed E-state index contributed by atoms with van der Waals surface area (Å²) < 4.78 is 5.37. The first-order valence-corrected chi connectivity index (χ1v) is 8.41. The third-order valence-corrected chi connectivity index (χ3v) is 4.22. The molecule has 122 valence electrons. The van der Waals surface area contributed by atoms with E-state index in [1.54, 1.807) is 0 Å². The highest BCUT2D eigenvalue weighted by Crippen LogP contribution is 2.17. The lowest BCUT2D eigenvalue weighted by atomic mass is 9.93. The van der Waals surface area contributed by atoms with E-state index in [1.807, 2.05) is 6.92 Å². The quantitative estimate of drug-likeness (QED) is 0.776. The van der Waals surface area contributed by atoms with E-state index in [0.29, 0.717) is 25.5 Å². The summed E-state index contributed by atoms with van der Waals surface area (Å²) in [6, 6.07) is 8.24. The van der Waals surface area contributed by atoms with Gasteiger partial charge in [-0.25, -0.2) is 0 Å². The molecule has 0 saturated carbocycles. The van der Waals surface area contributed by atoms with Crippen LogP contribution in [-0.4, -0.2) is 25.6 Å². The zero-order valence-corrected chi connectivity index (χ0v) is 13.6. The Labute approximate surface area is 133 Å². The van der Waals surface area contributed by atoms with Gasteiger partial charge in [-0.2, -0.15) is 0 Å². The highest BCUT2D eigenvalue weighted by Gasteiger charge is 2.14. The van der Waals surface area contributed by atoms with Crippen LogP contribution in [0.2, 0.25) is 0 Å². The highest BCUT2D eigenvalue weighted by atomic mass is 16.5. The summed E-state index contributed by atoms with van der Waals surface area (Å²) in [6.45, 7) is 6.18. The molecule has 0 spiro atoms. The summed E-state index contributed by atoms with van der Waals surface area (Å²) in [6.07, 6.45) is 4.07. The van der Waals surface area contributed by atoms with Crippen LogP contribution >= 0.6 is 0 Å². The standard InChI is InChI=1S/C18H28N2O2/c1-2-22-14-17-5-3-16(4-6-17)13-20-18(21)8-7-15-9-11-19-12-10-15/h3-6,15,19H,2,7-14H2,1H3,(H,20,21). The second-order valence-electron chi connectivity index (χ2n) is 5.96. The van der Waals surface area contributed by atoms with Crippen molar-refractivity contribution in [2.75, 3.05) is 19.7 Å². The summed E-state index contributed by atoms with van der Waals surface area (Å²) >= 11 is 0. The Morgan fingerprint density at radius 1 is 1.23 bits per heavy atom. The fourth-order valence-corrected chi connectivity index (χ4v) is 2.77. The Kier molecular flexibility index (Phi) is 7.40. The fourth-order valence-electron chi connectivity index (χ4n) is 2.77. The first-order valence-electron chi connectivity index (χ1n) is 8.41. The van der Waals surface area contributed by atoms with E-state index in [4.69, 9.17) is 4.74 Å². The summed E-state index contributed by atoms with van der Waals surface area (Å²) in [4.78, 5) is 11.9. The maximum atomic E-state index is 11.9. The predicted molar refractivity (Wildman–Crippen MR) is 88.4 cm³/mol. The van der Waals surface area contributed by atoms with Crippen LogP contribution in [0.4, 0.5) is 0 Å². The van der Waals surface area contributed by atoms with E-state index < -0.39 is 0 Å². The van der Waals surface area contributed by atoms with Gasteiger partial charge in [0.1, 0.15) is 0 Å². The van der Waals surface area contributed by atoms with E-state index in [2.05, 4.69) is 34.9 Å². The molecule has 1 aromatic rings. The molecule has 0 atom stereocenters. The average molecular weight is 304 g/mol. The second-order valence-corrected chi connectivity index (χ2v) is 5.96. The van der Waals surface area contributed by atoms with Crippen molar-refractivity contribution in [2.24, 2.45) is 5.92 Å². The van der Waals surface area contributed by atoms with Crippen molar-refractivity contribution in [3.05, 3.63) is 35.4 Å². The van der Waals surface area contributed by atoms with Gasteiger partial charge in [0.2, 0.25) is 5.91 Å². The Morgan fingerprint density at radius 2 is 1.91 bits per heavy atom. The van der Waals surface area contributed by atoms with Crippen molar-refractivity contribution in [2.45, 2.75) is 45.8 Å². The summed E-state index contributed by atoms with van der Waals surface area (Å²) in [7, 11) is 0. The molecule has 22 heavy (non-hydrogen) atoms. The molecule has 0 aliphatic carbocycles. The van der Waals surface area contributed by atoms with Gasteiger partial charge in [0.05, 0.1) is 6.61 Å². The first-order chi connectivity index (χ1) is 10.8. The number of carbonyl (C=O) groups is 1. The smallest absolute Gasteiger partial charge is 0.220 e. The second kappa shape index (κ2) is 9.59. The van der Waals surface area contributed by atoms with Crippen molar-refractivity contribution in [1.29, 1.82) is 0 Å². The molecular formula is C18H28N2O2. The highest BCUT2D eigenvalue weighted by molar-refractivity contribution is 5.75. The summed E-state index contributed by atoms with van der Waals surface area (Å²) in [5.74, 6) is 0.877. The SMILES string of the molecule is CCOCc1ccc(CNC(=O)CCC2CCNCC2)cc1. The Balaban J connectivity index is 1.64. The molecular weight excluding hydrogens is 276 g/mol. The number of ether oxygens (including phenoxy) is 1. The molecule has 1 aliphatic heterocycles. The van der Waals surface area contributed by atoms with Crippen molar-refractivity contribution < 1.29 is 9.53 Å². The van der Waals surface area contributed by atoms with Crippen LogP contribution in [-0.2, 0) is 22.7 Å². The zero-order valence-electron chi connectivity index (χ0n) is 13.6. The molecule has 2 N–H and O–H groups in total. The molecule has 1 saturated heterocycles. The minimum absolute atomic E-state index is 0.164. The molecule has 1 heterocycles. The van der Waals surface area contributed by atoms with Crippen molar-refractivity contribution >= 4 is 5.91 Å².